The van der Waals surface area contributed by atoms with Crippen LogP contribution in [0.15, 0.2) is 11.6 Å². The van der Waals surface area contributed by atoms with Crippen LogP contribution in [0.1, 0.15) is 34.1 Å². The Morgan fingerprint density at radius 1 is 1.28 bits per heavy atom. The normalized spacial score (nSPS) is 15.8. The van der Waals surface area contributed by atoms with Crippen molar-refractivity contribution in [1.29, 1.82) is 0 Å². The lowest BCUT2D eigenvalue weighted by atomic mass is 10.2. The largest absolute Gasteiger partial charge is 0.391 e. The quantitative estimate of drug-likeness (QED) is 0.520. The highest BCUT2D eigenvalue weighted by Crippen LogP contribution is 2.19. The number of aliphatic hydroxyl groups excluding tert-OH is 1. The molecule has 0 aromatic carbocycles. The van der Waals surface area contributed by atoms with Crippen LogP contribution in [0, 0.1) is 0 Å². The van der Waals surface area contributed by atoms with E-state index in [2.05, 4.69) is 20.8 Å². The number of allylic oxidation sites excluding steroid dienone is 2. The van der Waals surface area contributed by atoms with Crippen molar-refractivity contribution < 1.29 is 9.90 Å². The van der Waals surface area contributed by atoms with E-state index in [0.29, 0.717) is 16.1 Å². The van der Waals surface area contributed by atoms with Gasteiger partial charge in [-0.15, -0.1) is 0 Å². The third-order valence-corrected chi connectivity index (χ3v) is 5.14. The zero-order valence-electron chi connectivity index (χ0n) is 11.5. The van der Waals surface area contributed by atoms with Gasteiger partial charge in [-0.1, -0.05) is 26.8 Å². The summed E-state index contributed by atoms with van der Waals surface area (Å²) in [5, 5.41) is 10.3. The Bertz CT molecular complexity index is 280. The van der Waals surface area contributed by atoms with E-state index in [-0.39, 0.29) is 11.3 Å². The van der Waals surface area contributed by atoms with Gasteiger partial charge in [-0.05, 0) is 30.2 Å². The summed E-state index contributed by atoms with van der Waals surface area (Å²) in [7, 11) is 0. The van der Waals surface area contributed by atoms with Crippen molar-refractivity contribution in [1.82, 2.24) is 0 Å². The van der Waals surface area contributed by atoms with Gasteiger partial charge in [0.05, 0.1) is 6.10 Å². The first kappa shape index (κ1) is 18.4. The Morgan fingerprint density at radius 3 is 2.33 bits per heavy atom. The van der Waals surface area contributed by atoms with E-state index >= 15 is 0 Å². The van der Waals surface area contributed by atoms with E-state index in [1.54, 1.807) is 30.4 Å². The molecule has 5 heteroatoms. The van der Waals surface area contributed by atoms with Crippen molar-refractivity contribution >= 4 is 40.4 Å². The third-order valence-electron chi connectivity index (χ3n) is 2.26. The minimum absolute atomic E-state index is 0.260. The summed E-state index contributed by atoms with van der Waals surface area (Å²) in [5.74, 6) is 1.52. The van der Waals surface area contributed by atoms with Crippen LogP contribution in [-0.4, -0.2) is 38.5 Å². The molecule has 0 fully saturated rings. The minimum atomic E-state index is -0.388. The highest BCUT2D eigenvalue weighted by Gasteiger charge is 2.09. The van der Waals surface area contributed by atoms with Crippen LogP contribution in [0.3, 0.4) is 0 Å². The first-order valence-corrected chi connectivity index (χ1v) is 8.58. The molecule has 0 heterocycles. The summed E-state index contributed by atoms with van der Waals surface area (Å²) in [6, 6.07) is 0. The van der Waals surface area contributed by atoms with Gasteiger partial charge < -0.3 is 5.11 Å². The molecule has 0 spiro atoms. The van der Waals surface area contributed by atoms with Crippen molar-refractivity contribution in [3.63, 3.8) is 0 Å². The lowest BCUT2D eigenvalue weighted by Crippen LogP contribution is -2.16. The van der Waals surface area contributed by atoms with Gasteiger partial charge in [-0.2, -0.15) is 23.5 Å². The average Bonchev–Trinajstić information content (AvgIpc) is 2.30. The fourth-order valence-corrected chi connectivity index (χ4v) is 2.97. The Morgan fingerprint density at radius 2 is 1.83 bits per heavy atom. The first-order chi connectivity index (χ1) is 8.32. The van der Waals surface area contributed by atoms with Crippen LogP contribution in [0.4, 0.5) is 0 Å². The van der Waals surface area contributed by atoms with Gasteiger partial charge in [0.15, 0.2) is 0 Å². The van der Waals surface area contributed by atoms with Crippen LogP contribution in [0.2, 0.25) is 0 Å². The van der Waals surface area contributed by atoms with Gasteiger partial charge >= 0.3 is 0 Å². The summed E-state index contributed by atoms with van der Waals surface area (Å²) in [6.45, 7) is 8.07. The summed E-state index contributed by atoms with van der Waals surface area (Å²) >= 11 is 8.86. The standard InChI is InChI=1S/C13H23ClO2S2/c1-9(2)17-7-12(15)8-18-11(4)6-5-10(3)13(14)16/h5,9,11-12,15H,6-8H2,1-4H3/b10-5-. The Balaban J connectivity index is 3.79. The van der Waals surface area contributed by atoms with Crippen LogP contribution in [0.25, 0.3) is 0 Å². The summed E-state index contributed by atoms with van der Waals surface area (Å²) in [6.07, 6.45) is 2.41. The first-order valence-electron chi connectivity index (χ1n) is 6.10. The number of thioether (sulfide) groups is 2. The topological polar surface area (TPSA) is 37.3 Å². The molecule has 106 valence electrons. The molecular weight excluding hydrogens is 288 g/mol. The van der Waals surface area contributed by atoms with E-state index in [0.717, 1.165) is 17.9 Å². The molecule has 1 N–H and O–H groups in total. The predicted molar refractivity (Wildman–Crippen MR) is 84.8 cm³/mol. The molecule has 0 amide bonds. The van der Waals surface area contributed by atoms with E-state index in [1.165, 1.54) is 0 Å². The van der Waals surface area contributed by atoms with Gasteiger partial charge in [0.2, 0.25) is 5.24 Å². The number of aliphatic hydroxyl groups is 1. The van der Waals surface area contributed by atoms with Gasteiger partial charge in [0.25, 0.3) is 0 Å². The Labute approximate surface area is 124 Å². The van der Waals surface area contributed by atoms with Gasteiger partial charge in [0, 0.05) is 22.3 Å². The molecule has 2 atom stereocenters. The van der Waals surface area contributed by atoms with E-state index in [9.17, 15) is 9.90 Å². The smallest absolute Gasteiger partial charge is 0.247 e. The molecule has 0 aliphatic carbocycles. The van der Waals surface area contributed by atoms with Gasteiger partial charge in [-0.3, -0.25) is 4.79 Å². The maximum absolute atomic E-state index is 10.8. The number of hydrogen-bond donors (Lipinski definition) is 1. The molecule has 0 aliphatic rings. The summed E-state index contributed by atoms with van der Waals surface area (Å²) in [4.78, 5) is 10.8. The van der Waals surface area contributed by atoms with Crippen LogP contribution in [-0.2, 0) is 4.79 Å². The monoisotopic (exact) mass is 310 g/mol. The fourth-order valence-electron chi connectivity index (χ4n) is 1.12. The van der Waals surface area contributed by atoms with Crippen molar-refractivity contribution in [2.75, 3.05) is 11.5 Å². The number of hydrogen-bond acceptors (Lipinski definition) is 4. The molecule has 0 rings (SSSR count). The second-order valence-electron chi connectivity index (χ2n) is 4.58. The molecular formula is C13H23ClO2S2. The number of rotatable bonds is 9. The molecule has 0 radical (unpaired) electrons. The van der Waals surface area contributed by atoms with Crippen LogP contribution >= 0.6 is 35.1 Å². The molecule has 0 saturated heterocycles. The van der Waals surface area contributed by atoms with Crippen LogP contribution in [0.5, 0.6) is 0 Å². The van der Waals surface area contributed by atoms with Crippen molar-refractivity contribution in [3.05, 3.63) is 11.6 Å². The van der Waals surface area contributed by atoms with Crippen molar-refractivity contribution in [2.24, 2.45) is 0 Å². The fraction of sp³-hybridized carbons (Fsp3) is 0.769. The molecule has 0 aromatic rings. The summed E-state index contributed by atoms with van der Waals surface area (Å²) < 4.78 is 0. The van der Waals surface area contributed by atoms with Crippen molar-refractivity contribution in [2.45, 2.75) is 50.7 Å². The minimum Gasteiger partial charge on any atom is -0.391 e. The number of carbonyl (C=O) groups is 1. The van der Waals surface area contributed by atoms with E-state index in [1.807, 2.05) is 6.08 Å². The molecule has 0 aliphatic heterocycles. The third kappa shape index (κ3) is 10.3. The van der Waals surface area contributed by atoms with E-state index in [4.69, 9.17) is 11.6 Å². The van der Waals surface area contributed by atoms with Gasteiger partial charge in [-0.25, -0.2) is 0 Å². The maximum atomic E-state index is 10.8. The predicted octanol–water partition coefficient (Wildman–Crippen LogP) is 3.71. The number of carbonyl (C=O) groups excluding carboxylic acids is 1. The lowest BCUT2D eigenvalue weighted by molar-refractivity contribution is -0.108. The number of halogens is 1. The second kappa shape index (κ2) is 10.2. The maximum Gasteiger partial charge on any atom is 0.247 e. The Kier molecular flexibility index (Phi) is 10.4. The van der Waals surface area contributed by atoms with Crippen LogP contribution < -0.4 is 0 Å². The van der Waals surface area contributed by atoms with E-state index < -0.39 is 0 Å². The molecule has 18 heavy (non-hydrogen) atoms. The highest BCUT2D eigenvalue weighted by atomic mass is 35.5. The SMILES string of the molecule is C/C(=C/CC(C)SCC(O)CSC(C)C)C(=O)Cl. The Hall–Kier alpha value is 0.360. The zero-order chi connectivity index (χ0) is 14.1. The second-order valence-corrected chi connectivity index (χ2v) is 8.00. The highest BCUT2D eigenvalue weighted by molar-refractivity contribution is 8.00. The van der Waals surface area contributed by atoms with Crippen molar-refractivity contribution in [3.8, 4) is 0 Å². The molecule has 0 aromatic heterocycles. The summed E-state index contributed by atoms with van der Waals surface area (Å²) in [5.41, 5.74) is 0.597. The average molecular weight is 311 g/mol. The lowest BCUT2D eigenvalue weighted by Gasteiger charge is -2.14. The van der Waals surface area contributed by atoms with Gasteiger partial charge in [0.1, 0.15) is 0 Å². The molecule has 2 nitrogen and oxygen atoms in total. The molecule has 0 saturated carbocycles. The molecule has 0 bridgehead atoms. The zero-order valence-corrected chi connectivity index (χ0v) is 13.9. The molecule has 2 unspecified atom stereocenters.